The first kappa shape index (κ1) is 17.9. The Hall–Kier alpha value is -2.45. The van der Waals surface area contributed by atoms with E-state index in [0.29, 0.717) is 6.61 Å². The number of hydrogen-bond donors (Lipinski definition) is 0. The Morgan fingerprint density at radius 3 is 2.96 bits per heavy atom. The summed E-state index contributed by atoms with van der Waals surface area (Å²) in [6.45, 7) is 9.91. The molecule has 144 valence electrons. The van der Waals surface area contributed by atoms with Crippen molar-refractivity contribution in [3.63, 3.8) is 0 Å². The highest BCUT2D eigenvalue weighted by atomic mass is 16.5. The molecule has 4 heterocycles. The van der Waals surface area contributed by atoms with Crippen LogP contribution in [0.2, 0.25) is 0 Å². The SMILES string of the molecule is CCOCCn1nc(-c2cocn2)c2c1CCN(Cc1cnn(CC)c1)C2. The third kappa shape index (κ3) is 3.81. The van der Waals surface area contributed by atoms with E-state index in [1.165, 1.54) is 23.2 Å². The molecule has 3 aromatic rings. The van der Waals surface area contributed by atoms with Gasteiger partial charge in [-0.05, 0) is 13.8 Å². The van der Waals surface area contributed by atoms with Crippen molar-refractivity contribution in [2.75, 3.05) is 19.8 Å². The first-order valence-corrected chi connectivity index (χ1v) is 9.57. The van der Waals surface area contributed by atoms with Crippen molar-refractivity contribution >= 4 is 0 Å². The fraction of sp³-hybridized carbons (Fsp3) is 0.526. The minimum atomic E-state index is 0.669. The van der Waals surface area contributed by atoms with Gasteiger partial charge < -0.3 is 9.15 Å². The number of aromatic nitrogens is 5. The van der Waals surface area contributed by atoms with Gasteiger partial charge in [-0.1, -0.05) is 0 Å². The van der Waals surface area contributed by atoms with Crippen LogP contribution in [0.4, 0.5) is 0 Å². The van der Waals surface area contributed by atoms with Gasteiger partial charge in [-0.25, -0.2) is 4.98 Å². The Balaban J connectivity index is 1.56. The molecule has 0 radical (unpaired) electrons. The van der Waals surface area contributed by atoms with Crippen molar-refractivity contribution in [3.05, 3.63) is 41.9 Å². The monoisotopic (exact) mass is 370 g/mol. The van der Waals surface area contributed by atoms with E-state index in [2.05, 4.69) is 32.8 Å². The quantitative estimate of drug-likeness (QED) is 0.567. The first-order valence-electron chi connectivity index (χ1n) is 9.57. The van der Waals surface area contributed by atoms with Gasteiger partial charge in [0.2, 0.25) is 0 Å². The number of nitrogens with zero attached hydrogens (tertiary/aromatic N) is 6. The summed E-state index contributed by atoms with van der Waals surface area (Å²) in [6.07, 6.45) is 8.18. The Morgan fingerprint density at radius 2 is 2.22 bits per heavy atom. The van der Waals surface area contributed by atoms with Crippen molar-refractivity contribution in [2.45, 2.75) is 46.4 Å². The molecule has 0 unspecified atom stereocenters. The van der Waals surface area contributed by atoms with Crippen molar-refractivity contribution in [1.29, 1.82) is 0 Å². The second-order valence-corrected chi connectivity index (χ2v) is 6.73. The average molecular weight is 370 g/mol. The summed E-state index contributed by atoms with van der Waals surface area (Å²) in [6, 6.07) is 0. The van der Waals surface area contributed by atoms with E-state index >= 15 is 0 Å². The van der Waals surface area contributed by atoms with Crippen molar-refractivity contribution in [3.8, 4) is 11.4 Å². The summed E-state index contributed by atoms with van der Waals surface area (Å²) in [7, 11) is 0. The minimum absolute atomic E-state index is 0.669. The fourth-order valence-corrected chi connectivity index (χ4v) is 3.62. The van der Waals surface area contributed by atoms with E-state index in [4.69, 9.17) is 14.3 Å². The Kier molecular flexibility index (Phi) is 5.35. The molecule has 27 heavy (non-hydrogen) atoms. The molecule has 4 rings (SSSR count). The standard InChI is InChI=1S/C19H26N6O2/c1-3-24-11-15(9-21-24)10-23-6-5-18-16(12-23)19(17-13-27-14-20-17)22-25(18)7-8-26-4-2/h9,11,13-14H,3-8,10,12H2,1-2H3. The van der Waals surface area contributed by atoms with Crippen LogP contribution < -0.4 is 0 Å². The molecule has 1 aliphatic rings. The number of aryl methyl sites for hydroxylation is 1. The number of rotatable bonds is 8. The third-order valence-electron chi connectivity index (χ3n) is 4.96. The van der Waals surface area contributed by atoms with Gasteiger partial charge >= 0.3 is 0 Å². The number of ether oxygens (including phenoxy) is 1. The lowest BCUT2D eigenvalue weighted by molar-refractivity contribution is 0.135. The molecule has 0 spiro atoms. The molecule has 0 amide bonds. The van der Waals surface area contributed by atoms with Gasteiger partial charge in [-0.15, -0.1) is 0 Å². The third-order valence-corrected chi connectivity index (χ3v) is 4.96. The zero-order valence-electron chi connectivity index (χ0n) is 16.0. The molecular weight excluding hydrogens is 344 g/mol. The maximum atomic E-state index is 5.53. The number of hydrogen-bond acceptors (Lipinski definition) is 6. The van der Waals surface area contributed by atoms with Crippen molar-refractivity contribution < 1.29 is 9.15 Å². The van der Waals surface area contributed by atoms with Crippen LogP contribution in [-0.2, 0) is 37.3 Å². The first-order chi connectivity index (χ1) is 13.3. The van der Waals surface area contributed by atoms with Gasteiger partial charge in [-0.3, -0.25) is 14.3 Å². The second kappa shape index (κ2) is 8.06. The lowest BCUT2D eigenvalue weighted by Gasteiger charge is -2.27. The maximum absolute atomic E-state index is 5.53. The predicted molar refractivity (Wildman–Crippen MR) is 99.9 cm³/mol. The second-order valence-electron chi connectivity index (χ2n) is 6.73. The molecule has 0 aliphatic carbocycles. The lowest BCUT2D eigenvalue weighted by atomic mass is 10.0. The maximum Gasteiger partial charge on any atom is 0.181 e. The summed E-state index contributed by atoms with van der Waals surface area (Å²) in [5.41, 5.74) is 5.49. The van der Waals surface area contributed by atoms with Crippen molar-refractivity contribution in [1.82, 2.24) is 29.4 Å². The smallest absolute Gasteiger partial charge is 0.181 e. The van der Waals surface area contributed by atoms with Crippen molar-refractivity contribution in [2.24, 2.45) is 0 Å². The summed E-state index contributed by atoms with van der Waals surface area (Å²) in [5, 5.41) is 9.22. The molecule has 0 N–H and O–H groups in total. The topological polar surface area (TPSA) is 74.1 Å². The molecule has 0 bridgehead atoms. The average Bonchev–Trinajstić information content (AvgIpc) is 3.42. The minimum Gasteiger partial charge on any atom is -0.451 e. The molecule has 1 aliphatic heterocycles. The molecule has 0 aromatic carbocycles. The van der Waals surface area contributed by atoms with Crippen LogP contribution in [0.15, 0.2) is 29.5 Å². The van der Waals surface area contributed by atoms with Crippen LogP contribution in [0, 0.1) is 0 Å². The van der Waals surface area contributed by atoms with Crippen LogP contribution in [0.5, 0.6) is 0 Å². The van der Waals surface area contributed by atoms with E-state index in [-0.39, 0.29) is 0 Å². The van der Waals surface area contributed by atoms with Gasteiger partial charge in [-0.2, -0.15) is 10.2 Å². The van der Waals surface area contributed by atoms with Crippen LogP contribution in [0.3, 0.4) is 0 Å². The molecule has 8 nitrogen and oxygen atoms in total. The highest BCUT2D eigenvalue weighted by Gasteiger charge is 2.26. The van der Waals surface area contributed by atoms with Crippen LogP contribution in [-0.4, -0.2) is 49.2 Å². The van der Waals surface area contributed by atoms with E-state index in [0.717, 1.165) is 57.1 Å². The Labute approximate surface area is 158 Å². The largest absolute Gasteiger partial charge is 0.451 e. The van der Waals surface area contributed by atoms with Crippen LogP contribution >= 0.6 is 0 Å². The van der Waals surface area contributed by atoms with Gasteiger partial charge in [0, 0.05) is 62.2 Å². The molecule has 0 saturated heterocycles. The highest BCUT2D eigenvalue weighted by molar-refractivity contribution is 5.59. The number of oxazole rings is 1. The normalized spacial score (nSPS) is 14.6. The highest BCUT2D eigenvalue weighted by Crippen LogP contribution is 2.30. The number of fused-ring (bicyclic) bond motifs is 1. The van der Waals surface area contributed by atoms with Gasteiger partial charge in [0.05, 0.1) is 19.3 Å². The molecule has 3 aromatic heterocycles. The zero-order chi connectivity index (χ0) is 18.6. The van der Waals surface area contributed by atoms with E-state index in [1.807, 2.05) is 17.8 Å². The van der Waals surface area contributed by atoms with E-state index in [1.54, 1.807) is 6.26 Å². The Morgan fingerprint density at radius 1 is 1.30 bits per heavy atom. The molecular formula is C19H26N6O2. The molecule has 0 atom stereocenters. The Bertz CT molecular complexity index is 867. The summed E-state index contributed by atoms with van der Waals surface area (Å²) >= 11 is 0. The molecule has 8 heteroatoms. The van der Waals surface area contributed by atoms with Gasteiger partial charge in [0.1, 0.15) is 17.7 Å². The molecule has 0 fully saturated rings. The van der Waals surface area contributed by atoms with Crippen LogP contribution in [0.25, 0.3) is 11.4 Å². The van der Waals surface area contributed by atoms with E-state index in [9.17, 15) is 0 Å². The van der Waals surface area contributed by atoms with Gasteiger partial charge in [0.15, 0.2) is 6.39 Å². The summed E-state index contributed by atoms with van der Waals surface area (Å²) in [5.74, 6) is 0. The zero-order valence-corrected chi connectivity index (χ0v) is 16.0. The summed E-state index contributed by atoms with van der Waals surface area (Å²) < 4.78 is 14.8. The lowest BCUT2D eigenvalue weighted by Crippen LogP contribution is -2.31. The fourth-order valence-electron chi connectivity index (χ4n) is 3.62. The molecule has 0 saturated carbocycles. The van der Waals surface area contributed by atoms with Crippen LogP contribution in [0.1, 0.15) is 30.7 Å². The summed E-state index contributed by atoms with van der Waals surface area (Å²) in [4.78, 5) is 6.76. The van der Waals surface area contributed by atoms with E-state index < -0.39 is 0 Å². The predicted octanol–water partition coefficient (Wildman–Crippen LogP) is 2.35. The van der Waals surface area contributed by atoms with Gasteiger partial charge in [0.25, 0.3) is 0 Å².